The minimum absolute atomic E-state index is 0.125. The van der Waals surface area contributed by atoms with Gasteiger partial charge in [-0.1, -0.05) is 28.1 Å². The molecule has 2 rings (SSSR count). The number of benzene rings is 2. The Hall–Kier alpha value is -2.10. The molecule has 0 aliphatic rings. The normalized spacial score (nSPS) is 11.5. The fourth-order valence-corrected chi connectivity index (χ4v) is 2.59. The van der Waals surface area contributed by atoms with Crippen LogP contribution >= 0.6 is 15.9 Å². The number of carbonyl (C=O) groups is 1. The number of alkyl halides is 3. The molecule has 0 saturated carbocycles. The first-order valence-corrected chi connectivity index (χ1v) is 7.79. The molecule has 2 aromatic carbocycles. The summed E-state index contributed by atoms with van der Waals surface area (Å²) in [5.74, 6) is -10.9. The van der Waals surface area contributed by atoms with Gasteiger partial charge in [-0.25, -0.2) is 17.6 Å². The van der Waals surface area contributed by atoms with Crippen LogP contribution in [0.2, 0.25) is 0 Å². The van der Waals surface area contributed by atoms with Crippen molar-refractivity contribution in [1.29, 1.82) is 0 Å². The van der Waals surface area contributed by atoms with Crippen LogP contribution in [-0.2, 0) is 17.4 Å². The number of rotatable bonds is 4. The number of hydrogen-bond donors (Lipinski definition) is 1. The van der Waals surface area contributed by atoms with Gasteiger partial charge in [0.05, 0.1) is 0 Å². The summed E-state index contributed by atoms with van der Waals surface area (Å²) in [6.45, 7) is 0. The third-order valence-corrected chi connectivity index (χ3v) is 3.83. The van der Waals surface area contributed by atoms with Crippen molar-refractivity contribution in [2.45, 2.75) is 19.0 Å². The van der Waals surface area contributed by atoms with E-state index in [0.29, 0.717) is 5.56 Å². The number of anilines is 1. The van der Waals surface area contributed by atoms with Crippen LogP contribution in [0.25, 0.3) is 0 Å². The average Bonchev–Trinajstić information content (AvgIpc) is 2.54. The number of carbonyl (C=O) groups excluding carboxylic acids is 1. The minimum atomic E-state index is -5.64. The maximum absolute atomic E-state index is 13.7. The molecule has 0 bridgehead atoms. The second-order valence-electron chi connectivity index (χ2n) is 5.18. The van der Waals surface area contributed by atoms with Crippen molar-refractivity contribution in [2.24, 2.45) is 0 Å². The van der Waals surface area contributed by atoms with Crippen LogP contribution in [0.5, 0.6) is 0 Å². The molecular formula is C16H9BrF7NO. The van der Waals surface area contributed by atoms with E-state index in [2.05, 4.69) is 15.9 Å². The molecule has 0 saturated heterocycles. The summed E-state index contributed by atoms with van der Waals surface area (Å²) in [6.07, 6.45) is -5.83. The van der Waals surface area contributed by atoms with Crippen molar-refractivity contribution in [3.05, 3.63) is 63.1 Å². The lowest BCUT2D eigenvalue weighted by atomic mass is 10.1. The Morgan fingerprint density at radius 2 is 1.58 bits per heavy atom. The quantitative estimate of drug-likeness (QED) is 0.483. The van der Waals surface area contributed by atoms with E-state index < -0.39 is 46.6 Å². The largest absolute Gasteiger partial charge is 0.422 e. The highest BCUT2D eigenvalue weighted by molar-refractivity contribution is 9.10. The molecule has 0 radical (unpaired) electrons. The van der Waals surface area contributed by atoms with Crippen molar-refractivity contribution in [2.75, 3.05) is 5.32 Å². The van der Waals surface area contributed by atoms with Gasteiger partial charge < -0.3 is 5.32 Å². The zero-order valence-electron chi connectivity index (χ0n) is 12.7. The molecule has 2 nitrogen and oxygen atoms in total. The molecule has 2 aromatic rings. The van der Waals surface area contributed by atoms with Gasteiger partial charge in [-0.3, -0.25) is 4.79 Å². The standard InChI is InChI=1S/C16H9BrF7NO/c17-8-3-1-2-7(6-8)4-5-9(26)25-15-13(20)11(18)10(16(22,23)24)12(19)14(15)21/h1-3,6H,4-5H2,(H,25,26). The number of halogens is 8. The van der Waals surface area contributed by atoms with Gasteiger partial charge in [-0.05, 0) is 24.1 Å². The first-order valence-electron chi connectivity index (χ1n) is 6.99. The fourth-order valence-electron chi connectivity index (χ4n) is 2.14. The molecule has 0 aliphatic heterocycles. The van der Waals surface area contributed by atoms with Crippen molar-refractivity contribution in [3.63, 3.8) is 0 Å². The second kappa shape index (κ2) is 7.65. The molecule has 26 heavy (non-hydrogen) atoms. The Balaban J connectivity index is 2.23. The van der Waals surface area contributed by atoms with Crippen molar-refractivity contribution in [3.8, 4) is 0 Å². The van der Waals surface area contributed by atoms with E-state index in [1.165, 1.54) is 0 Å². The van der Waals surface area contributed by atoms with E-state index in [9.17, 15) is 35.5 Å². The van der Waals surface area contributed by atoms with Gasteiger partial charge in [0.2, 0.25) is 5.91 Å². The van der Waals surface area contributed by atoms with Crippen LogP contribution < -0.4 is 5.32 Å². The summed E-state index contributed by atoms with van der Waals surface area (Å²) in [6, 6.07) is 6.74. The van der Waals surface area contributed by atoms with E-state index in [1.807, 2.05) is 0 Å². The fraction of sp³-hybridized carbons (Fsp3) is 0.188. The van der Waals surface area contributed by atoms with Gasteiger partial charge in [-0.2, -0.15) is 13.2 Å². The maximum Gasteiger partial charge on any atom is 0.422 e. The lowest BCUT2D eigenvalue weighted by Gasteiger charge is -2.14. The third-order valence-electron chi connectivity index (χ3n) is 3.34. The summed E-state index contributed by atoms with van der Waals surface area (Å²) in [5, 5.41) is 1.58. The SMILES string of the molecule is O=C(CCc1cccc(Br)c1)Nc1c(F)c(F)c(C(F)(F)F)c(F)c1F. The summed E-state index contributed by atoms with van der Waals surface area (Å²) in [5.41, 5.74) is -3.62. The first-order chi connectivity index (χ1) is 12.0. The molecule has 0 unspecified atom stereocenters. The molecule has 1 N–H and O–H groups in total. The van der Waals surface area contributed by atoms with E-state index in [-0.39, 0.29) is 12.8 Å². The summed E-state index contributed by atoms with van der Waals surface area (Å²) in [7, 11) is 0. The van der Waals surface area contributed by atoms with Gasteiger partial charge in [-0.15, -0.1) is 0 Å². The number of hydrogen-bond acceptors (Lipinski definition) is 1. The van der Waals surface area contributed by atoms with E-state index >= 15 is 0 Å². The smallest absolute Gasteiger partial charge is 0.321 e. The monoisotopic (exact) mass is 443 g/mol. The predicted octanol–water partition coefficient (Wildman–Crippen LogP) is 5.60. The summed E-state index contributed by atoms with van der Waals surface area (Å²) < 4.78 is 92.6. The average molecular weight is 444 g/mol. The van der Waals surface area contributed by atoms with Gasteiger partial charge >= 0.3 is 6.18 Å². The second-order valence-corrected chi connectivity index (χ2v) is 6.10. The van der Waals surface area contributed by atoms with Gasteiger partial charge in [0.25, 0.3) is 0 Å². The summed E-state index contributed by atoms with van der Waals surface area (Å²) in [4.78, 5) is 11.8. The zero-order chi connectivity index (χ0) is 19.6. The Labute approximate surface area is 151 Å². The first kappa shape index (κ1) is 20.2. The van der Waals surface area contributed by atoms with E-state index in [4.69, 9.17) is 0 Å². The van der Waals surface area contributed by atoms with E-state index in [1.54, 1.807) is 29.6 Å². The molecular weight excluding hydrogens is 435 g/mol. The molecule has 0 aromatic heterocycles. The van der Waals surface area contributed by atoms with Crippen molar-refractivity contribution >= 4 is 27.5 Å². The lowest BCUT2D eigenvalue weighted by molar-refractivity contribution is -0.143. The van der Waals surface area contributed by atoms with Crippen LogP contribution in [0.4, 0.5) is 36.4 Å². The number of aryl methyl sites for hydroxylation is 1. The van der Waals surface area contributed by atoms with Gasteiger partial charge in [0.15, 0.2) is 23.3 Å². The highest BCUT2D eigenvalue weighted by Gasteiger charge is 2.42. The molecule has 0 atom stereocenters. The van der Waals surface area contributed by atoms with Crippen molar-refractivity contribution < 1.29 is 35.5 Å². The molecule has 0 aliphatic carbocycles. The van der Waals surface area contributed by atoms with Crippen LogP contribution in [0.15, 0.2) is 28.7 Å². The van der Waals surface area contributed by atoms with Crippen molar-refractivity contribution in [1.82, 2.24) is 0 Å². The molecule has 0 fully saturated rings. The highest BCUT2D eigenvalue weighted by atomic mass is 79.9. The Kier molecular flexibility index (Phi) is 5.94. The zero-order valence-corrected chi connectivity index (χ0v) is 14.2. The highest BCUT2D eigenvalue weighted by Crippen LogP contribution is 2.38. The molecule has 10 heteroatoms. The van der Waals surface area contributed by atoms with Crippen LogP contribution in [0, 0.1) is 23.3 Å². The molecule has 140 valence electrons. The van der Waals surface area contributed by atoms with Gasteiger partial charge in [0, 0.05) is 10.9 Å². The Bertz CT molecular complexity index is 822. The van der Waals surface area contributed by atoms with Crippen LogP contribution in [0.3, 0.4) is 0 Å². The third kappa shape index (κ3) is 4.35. The molecule has 1 amide bonds. The van der Waals surface area contributed by atoms with E-state index in [0.717, 1.165) is 4.47 Å². The minimum Gasteiger partial charge on any atom is -0.321 e. The Morgan fingerprint density at radius 1 is 1.00 bits per heavy atom. The Morgan fingerprint density at radius 3 is 2.08 bits per heavy atom. The number of nitrogens with one attached hydrogen (secondary N) is 1. The molecule has 0 spiro atoms. The van der Waals surface area contributed by atoms with Crippen LogP contribution in [0.1, 0.15) is 17.5 Å². The molecule has 0 heterocycles. The number of amides is 1. The maximum atomic E-state index is 13.7. The summed E-state index contributed by atoms with van der Waals surface area (Å²) >= 11 is 3.21. The predicted molar refractivity (Wildman–Crippen MR) is 82.4 cm³/mol. The van der Waals surface area contributed by atoms with Crippen LogP contribution in [-0.4, -0.2) is 5.91 Å². The lowest BCUT2D eigenvalue weighted by Crippen LogP contribution is -2.20. The van der Waals surface area contributed by atoms with Gasteiger partial charge in [0.1, 0.15) is 11.3 Å². The topological polar surface area (TPSA) is 29.1 Å².